The van der Waals surface area contributed by atoms with Gasteiger partial charge in [-0.25, -0.2) is 17.6 Å². The molecule has 0 spiro atoms. The molecule has 0 bridgehead atoms. The molecule has 1 aromatic heterocycles. The molecular weight excluding hydrogens is 467 g/mol. The minimum Gasteiger partial charge on any atom is -0.465 e. The van der Waals surface area contributed by atoms with E-state index in [1.54, 1.807) is 0 Å². The maximum absolute atomic E-state index is 13.2. The van der Waals surface area contributed by atoms with E-state index in [1.807, 2.05) is 0 Å². The summed E-state index contributed by atoms with van der Waals surface area (Å²) in [6.45, 7) is 2.56. The minimum atomic E-state index is -3.74. The molecule has 7 nitrogen and oxygen atoms in total. The Morgan fingerprint density at radius 1 is 1.15 bits per heavy atom. The number of benzene rings is 1. The number of thiophene rings is 1. The van der Waals surface area contributed by atoms with E-state index in [0.29, 0.717) is 29.3 Å². The van der Waals surface area contributed by atoms with E-state index in [1.165, 1.54) is 34.9 Å². The highest BCUT2D eigenvalue weighted by Gasteiger charge is 2.34. The van der Waals surface area contributed by atoms with Gasteiger partial charge in [-0.3, -0.25) is 4.79 Å². The van der Waals surface area contributed by atoms with Gasteiger partial charge in [0, 0.05) is 23.9 Å². The van der Waals surface area contributed by atoms with Gasteiger partial charge in [0.25, 0.3) is 0 Å². The Balaban J connectivity index is 1.45. The summed E-state index contributed by atoms with van der Waals surface area (Å²) < 4.78 is 45.1. The zero-order chi connectivity index (χ0) is 23.8. The molecule has 2 aliphatic rings. The fourth-order valence-electron chi connectivity index (χ4n) is 4.48. The van der Waals surface area contributed by atoms with Gasteiger partial charge in [0.1, 0.15) is 10.8 Å². The molecule has 178 valence electrons. The van der Waals surface area contributed by atoms with Gasteiger partial charge in [-0.1, -0.05) is 6.92 Å². The number of sulfonamides is 1. The van der Waals surface area contributed by atoms with Crippen molar-refractivity contribution in [3.63, 3.8) is 0 Å². The predicted molar refractivity (Wildman–Crippen MR) is 123 cm³/mol. The van der Waals surface area contributed by atoms with Crippen molar-refractivity contribution >= 4 is 38.2 Å². The lowest BCUT2D eigenvalue weighted by Gasteiger charge is -2.30. The van der Waals surface area contributed by atoms with Crippen LogP contribution in [0.2, 0.25) is 0 Å². The van der Waals surface area contributed by atoms with Crippen molar-refractivity contribution in [1.29, 1.82) is 0 Å². The Morgan fingerprint density at radius 3 is 2.45 bits per heavy atom. The molecular formula is C23H27FN2O5S2. The standard InChI is InChI=1S/C23H27FN2O5S2/c1-14-3-8-18-19(13-14)32-22(20(18)23(28)31-2)25-21(27)15-9-11-26(12-10-15)33(29,30)17-6-4-16(24)5-7-17/h4-7,14-15H,3,8-13H2,1-2H3,(H,25,27)/t14-/m1/s1. The van der Waals surface area contributed by atoms with Gasteiger partial charge >= 0.3 is 5.97 Å². The topological polar surface area (TPSA) is 92.8 Å². The first-order valence-corrected chi connectivity index (χ1v) is 13.3. The van der Waals surface area contributed by atoms with Crippen LogP contribution in [0.15, 0.2) is 29.2 Å². The molecule has 0 radical (unpaired) electrons. The Hall–Kier alpha value is -2.30. The van der Waals surface area contributed by atoms with Crippen molar-refractivity contribution in [3.8, 4) is 0 Å². The number of piperidine rings is 1. The van der Waals surface area contributed by atoms with Gasteiger partial charge in [-0.05, 0) is 67.9 Å². The third-order valence-corrected chi connectivity index (χ3v) is 9.50. The van der Waals surface area contributed by atoms with Gasteiger partial charge in [0.15, 0.2) is 0 Å². The SMILES string of the molecule is COC(=O)c1c(NC(=O)C2CCN(S(=O)(=O)c3ccc(F)cc3)CC2)sc2c1CC[C@@H](C)C2. The van der Waals surface area contributed by atoms with Crippen LogP contribution in [-0.4, -0.2) is 44.8 Å². The van der Waals surface area contributed by atoms with Gasteiger partial charge in [0.05, 0.1) is 17.6 Å². The Bertz CT molecular complexity index is 1150. The summed E-state index contributed by atoms with van der Waals surface area (Å²) in [6, 6.07) is 4.73. The molecule has 2 aromatic rings. The van der Waals surface area contributed by atoms with Crippen LogP contribution >= 0.6 is 11.3 Å². The van der Waals surface area contributed by atoms with Crippen LogP contribution in [0.1, 0.15) is 47.0 Å². The number of ether oxygens (including phenoxy) is 1. The molecule has 1 aliphatic carbocycles. The summed E-state index contributed by atoms with van der Waals surface area (Å²) in [4.78, 5) is 26.6. The third-order valence-electron chi connectivity index (χ3n) is 6.41. The lowest BCUT2D eigenvalue weighted by atomic mass is 9.88. The Kier molecular flexibility index (Phi) is 6.88. The fraction of sp³-hybridized carbons (Fsp3) is 0.478. The number of anilines is 1. The molecule has 1 aromatic carbocycles. The lowest BCUT2D eigenvalue weighted by Crippen LogP contribution is -2.41. The average molecular weight is 495 g/mol. The zero-order valence-electron chi connectivity index (χ0n) is 18.6. The van der Waals surface area contributed by atoms with Crippen LogP contribution < -0.4 is 5.32 Å². The van der Waals surface area contributed by atoms with Crippen molar-refractivity contribution in [2.24, 2.45) is 11.8 Å². The number of hydrogen-bond donors (Lipinski definition) is 1. The second-order valence-electron chi connectivity index (χ2n) is 8.67. The molecule has 0 saturated carbocycles. The minimum absolute atomic E-state index is 0.0351. The van der Waals surface area contributed by atoms with Crippen LogP contribution in [0.25, 0.3) is 0 Å². The number of hydrogen-bond acceptors (Lipinski definition) is 6. The van der Waals surface area contributed by atoms with E-state index >= 15 is 0 Å². The lowest BCUT2D eigenvalue weighted by molar-refractivity contribution is -0.120. The highest BCUT2D eigenvalue weighted by Crippen LogP contribution is 2.40. The number of carbonyl (C=O) groups is 2. The predicted octanol–water partition coefficient (Wildman–Crippen LogP) is 3.84. The number of methoxy groups -OCH3 is 1. The van der Waals surface area contributed by atoms with Crippen molar-refractivity contribution in [1.82, 2.24) is 4.31 Å². The second kappa shape index (κ2) is 9.52. The first-order chi connectivity index (χ1) is 15.7. The maximum Gasteiger partial charge on any atom is 0.341 e. The summed E-state index contributed by atoms with van der Waals surface area (Å²) in [5.74, 6) is -1.01. The maximum atomic E-state index is 13.2. The summed E-state index contributed by atoms with van der Waals surface area (Å²) in [6.07, 6.45) is 3.37. The molecule has 1 aliphatic heterocycles. The number of amides is 1. The molecule has 33 heavy (non-hydrogen) atoms. The highest BCUT2D eigenvalue weighted by molar-refractivity contribution is 7.89. The first kappa shape index (κ1) is 23.8. The van der Waals surface area contributed by atoms with Crippen LogP contribution in [0.5, 0.6) is 0 Å². The number of esters is 1. The molecule has 1 N–H and O–H groups in total. The third kappa shape index (κ3) is 4.83. The Labute approximate surface area is 197 Å². The van der Waals surface area contributed by atoms with E-state index in [2.05, 4.69) is 12.2 Å². The molecule has 1 fully saturated rings. The van der Waals surface area contributed by atoms with Crippen LogP contribution in [0.3, 0.4) is 0 Å². The van der Waals surface area contributed by atoms with E-state index in [-0.39, 0.29) is 29.8 Å². The van der Waals surface area contributed by atoms with Gasteiger partial charge in [0.2, 0.25) is 15.9 Å². The van der Waals surface area contributed by atoms with E-state index in [9.17, 15) is 22.4 Å². The molecule has 1 atom stereocenters. The van der Waals surface area contributed by atoms with Gasteiger partial charge in [-0.2, -0.15) is 4.31 Å². The molecule has 4 rings (SSSR count). The zero-order valence-corrected chi connectivity index (χ0v) is 20.2. The smallest absolute Gasteiger partial charge is 0.341 e. The monoisotopic (exact) mass is 494 g/mol. The van der Waals surface area contributed by atoms with Crippen LogP contribution in [0, 0.1) is 17.7 Å². The molecule has 10 heteroatoms. The number of rotatable bonds is 5. The van der Waals surface area contributed by atoms with Crippen molar-refractivity contribution in [2.75, 3.05) is 25.5 Å². The molecule has 0 unspecified atom stereocenters. The normalized spacial score (nSPS) is 19.7. The van der Waals surface area contributed by atoms with Gasteiger partial charge < -0.3 is 10.1 Å². The number of nitrogens with one attached hydrogen (secondary N) is 1. The fourth-order valence-corrected chi connectivity index (χ4v) is 7.36. The summed E-state index contributed by atoms with van der Waals surface area (Å²) in [5, 5.41) is 3.45. The summed E-state index contributed by atoms with van der Waals surface area (Å²) in [5.41, 5.74) is 1.43. The van der Waals surface area contributed by atoms with E-state index in [0.717, 1.165) is 41.8 Å². The van der Waals surface area contributed by atoms with Crippen LogP contribution in [0.4, 0.5) is 9.39 Å². The van der Waals surface area contributed by atoms with Crippen molar-refractivity contribution in [2.45, 2.75) is 43.9 Å². The quantitative estimate of drug-likeness (QED) is 0.638. The van der Waals surface area contributed by atoms with E-state index < -0.39 is 21.8 Å². The molecule has 1 amide bonds. The first-order valence-electron chi connectivity index (χ1n) is 11.0. The van der Waals surface area contributed by atoms with Crippen molar-refractivity contribution in [3.05, 3.63) is 46.1 Å². The molecule has 1 saturated heterocycles. The van der Waals surface area contributed by atoms with Crippen LogP contribution in [-0.2, 0) is 32.4 Å². The average Bonchev–Trinajstić information content (AvgIpc) is 3.15. The number of nitrogens with zero attached hydrogens (tertiary/aromatic N) is 1. The Morgan fingerprint density at radius 2 is 1.82 bits per heavy atom. The summed E-state index contributed by atoms with van der Waals surface area (Å²) in [7, 11) is -2.41. The van der Waals surface area contributed by atoms with Gasteiger partial charge in [-0.15, -0.1) is 11.3 Å². The molecule has 2 heterocycles. The largest absolute Gasteiger partial charge is 0.465 e. The highest BCUT2D eigenvalue weighted by atomic mass is 32.2. The second-order valence-corrected chi connectivity index (χ2v) is 11.7. The number of halogens is 1. The van der Waals surface area contributed by atoms with Crippen molar-refractivity contribution < 1.29 is 27.1 Å². The summed E-state index contributed by atoms with van der Waals surface area (Å²) >= 11 is 1.44. The van der Waals surface area contributed by atoms with E-state index in [4.69, 9.17) is 4.74 Å². The number of carbonyl (C=O) groups excluding carboxylic acids is 2. The number of fused-ring (bicyclic) bond motifs is 1.